The fourth-order valence-corrected chi connectivity index (χ4v) is 2.41. The molecule has 1 aromatic rings. The first-order valence-electron chi connectivity index (χ1n) is 9.32. The van der Waals surface area contributed by atoms with Crippen LogP contribution in [0.2, 0.25) is 0 Å². The van der Waals surface area contributed by atoms with E-state index in [1.807, 2.05) is 32.0 Å². The largest absolute Gasteiger partial charge is 0.493 e. The number of hydrogen-bond donors (Lipinski definition) is 2. The van der Waals surface area contributed by atoms with Crippen molar-refractivity contribution >= 4 is 11.8 Å². The van der Waals surface area contributed by atoms with Gasteiger partial charge in [-0.3, -0.25) is 9.59 Å². The van der Waals surface area contributed by atoms with Crippen molar-refractivity contribution in [2.45, 2.75) is 45.6 Å². The Kier molecular flexibility index (Phi) is 10.9. The maximum Gasteiger partial charge on any atom is 0.220 e. The van der Waals surface area contributed by atoms with Gasteiger partial charge in [0, 0.05) is 32.5 Å². The molecule has 0 fully saturated rings. The van der Waals surface area contributed by atoms with E-state index in [1.54, 1.807) is 14.2 Å². The maximum atomic E-state index is 11.9. The predicted molar refractivity (Wildman–Crippen MR) is 104 cm³/mol. The van der Waals surface area contributed by atoms with Crippen LogP contribution in [0.5, 0.6) is 11.5 Å². The molecule has 27 heavy (non-hydrogen) atoms. The predicted octanol–water partition coefficient (Wildman–Crippen LogP) is 2.07. The summed E-state index contributed by atoms with van der Waals surface area (Å²) in [4.78, 5) is 23.6. The van der Waals surface area contributed by atoms with Crippen molar-refractivity contribution in [3.05, 3.63) is 23.8 Å². The number of nitrogens with one attached hydrogen (secondary N) is 2. The van der Waals surface area contributed by atoms with Gasteiger partial charge in [0.25, 0.3) is 0 Å². The molecule has 0 heterocycles. The average molecular weight is 380 g/mol. The molecule has 0 aromatic heterocycles. The molecule has 0 aliphatic carbocycles. The Morgan fingerprint density at radius 3 is 2.19 bits per heavy atom. The number of methoxy groups -OCH3 is 2. The molecule has 7 heteroatoms. The highest BCUT2D eigenvalue weighted by Crippen LogP contribution is 2.27. The van der Waals surface area contributed by atoms with E-state index >= 15 is 0 Å². The Hall–Kier alpha value is -2.28. The number of amides is 2. The molecule has 0 radical (unpaired) electrons. The topological polar surface area (TPSA) is 85.9 Å². The molecule has 0 saturated carbocycles. The number of benzene rings is 1. The van der Waals surface area contributed by atoms with Crippen LogP contribution in [0.4, 0.5) is 0 Å². The van der Waals surface area contributed by atoms with Crippen LogP contribution in [-0.4, -0.2) is 51.8 Å². The summed E-state index contributed by atoms with van der Waals surface area (Å²) in [6.07, 6.45) is 2.01. The van der Waals surface area contributed by atoms with Gasteiger partial charge in [-0.1, -0.05) is 6.07 Å². The van der Waals surface area contributed by atoms with Crippen molar-refractivity contribution in [2.24, 2.45) is 0 Å². The lowest BCUT2D eigenvalue weighted by Gasteiger charge is -2.10. The van der Waals surface area contributed by atoms with E-state index in [-0.39, 0.29) is 30.8 Å². The number of carbonyl (C=O) groups excluding carboxylic acids is 2. The quantitative estimate of drug-likeness (QED) is 0.512. The fraction of sp³-hybridized carbons (Fsp3) is 0.600. The summed E-state index contributed by atoms with van der Waals surface area (Å²) < 4.78 is 15.9. The van der Waals surface area contributed by atoms with Crippen LogP contribution in [0.15, 0.2) is 18.2 Å². The molecule has 1 rings (SSSR count). The van der Waals surface area contributed by atoms with Gasteiger partial charge in [0.05, 0.1) is 20.3 Å². The zero-order chi connectivity index (χ0) is 20.1. The Bertz CT molecular complexity index is 590. The summed E-state index contributed by atoms with van der Waals surface area (Å²) in [6.45, 7) is 5.63. The van der Waals surface area contributed by atoms with Crippen molar-refractivity contribution in [3.8, 4) is 11.5 Å². The lowest BCUT2D eigenvalue weighted by molar-refractivity contribution is -0.126. The minimum atomic E-state index is -0.131. The summed E-state index contributed by atoms with van der Waals surface area (Å²) in [5.74, 6) is 1.09. The standard InChI is InChI=1S/C20H32N2O5/c1-15(2)27-13-5-11-21-19(23)8-9-20(24)22-12-10-16-6-7-17(25-3)18(14-16)26-4/h6-7,14-15H,5,8-13H2,1-4H3,(H,21,23)(H,22,24). The summed E-state index contributed by atoms with van der Waals surface area (Å²) >= 11 is 0. The van der Waals surface area contributed by atoms with Crippen LogP contribution in [-0.2, 0) is 20.7 Å². The first-order valence-corrected chi connectivity index (χ1v) is 9.32. The van der Waals surface area contributed by atoms with Crippen LogP contribution < -0.4 is 20.1 Å². The molecule has 0 spiro atoms. The van der Waals surface area contributed by atoms with Crippen molar-refractivity contribution in [1.29, 1.82) is 0 Å². The van der Waals surface area contributed by atoms with E-state index in [4.69, 9.17) is 14.2 Å². The second-order valence-electron chi connectivity index (χ2n) is 6.41. The van der Waals surface area contributed by atoms with Gasteiger partial charge in [-0.15, -0.1) is 0 Å². The molecule has 1 aromatic carbocycles. The molecule has 0 bridgehead atoms. The van der Waals surface area contributed by atoms with Crippen LogP contribution in [0.3, 0.4) is 0 Å². The monoisotopic (exact) mass is 380 g/mol. The van der Waals surface area contributed by atoms with Gasteiger partial charge < -0.3 is 24.8 Å². The van der Waals surface area contributed by atoms with Crippen LogP contribution >= 0.6 is 0 Å². The van der Waals surface area contributed by atoms with Crippen LogP contribution in [0.25, 0.3) is 0 Å². The van der Waals surface area contributed by atoms with Crippen molar-refractivity contribution in [3.63, 3.8) is 0 Å². The smallest absolute Gasteiger partial charge is 0.220 e. The Morgan fingerprint density at radius 1 is 0.963 bits per heavy atom. The average Bonchev–Trinajstić information content (AvgIpc) is 2.65. The van der Waals surface area contributed by atoms with Crippen LogP contribution in [0, 0.1) is 0 Å². The van der Waals surface area contributed by atoms with Crippen molar-refractivity contribution < 1.29 is 23.8 Å². The number of ether oxygens (including phenoxy) is 3. The first-order chi connectivity index (χ1) is 13.0. The first kappa shape index (κ1) is 22.8. The van der Waals surface area contributed by atoms with E-state index in [2.05, 4.69) is 10.6 Å². The van der Waals surface area contributed by atoms with Gasteiger partial charge in [-0.05, 0) is 44.4 Å². The third-order valence-corrected chi connectivity index (χ3v) is 3.86. The highest BCUT2D eigenvalue weighted by molar-refractivity contribution is 5.83. The van der Waals surface area contributed by atoms with Gasteiger partial charge in [0.2, 0.25) is 11.8 Å². The van der Waals surface area contributed by atoms with E-state index in [0.717, 1.165) is 12.0 Å². The Balaban J connectivity index is 2.17. The van der Waals surface area contributed by atoms with Gasteiger partial charge in [-0.25, -0.2) is 0 Å². The third-order valence-electron chi connectivity index (χ3n) is 3.86. The van der Waals surface area contributed by atoms with Crippen molar-refractivity contribution in [2.75, 3.05) is 33.9 Å². The van der Waals surface area contributed by atoms with E-state index in [9.17, 15) is 9.59 Å². The highest BCUT2D eigenvalue weighted by atomic mass is 16.5. The maximum absolute atomic E-state index is 11.9. The molecule has 7 nitrogen and oxygen atoms in total. The zero-order valence-electron chi connectivity index (χ0n) is 16.8. The molecule has 0 saturated heterocycles. The molecular weight excluding hydrogens is 348 g/mol. The minimum absolute atomic E-state index is 0.116. The lowest BCUT2D eigenvalue weighted by Crippen LogP contribution is -2.29. The second-order valence-corrected chi connectivity index (χ2v) is 6.41. The molecule has 0 unspecified atom stereocenters. The van der Waals surface area contributed by atoms with E-state index < -0.39 is 0 Å². The minimum Gasteiger partial charge on any atom is -0.493 e. The summed E-state index contributed by atoms with van der Waals surface area (Å²) in [5.41, 5.74) is 1.04. The molecule has 2 N–H and O–H groups in total. The second kappa shape index (κ2) is 13.0. The molecule has 0 aliphatic rings. The number of hydrogen-bond acceptors (Lipinski definition) is 5. The van der Waals surface area contributed by atoms with Crippen molar-refractivity contribution in [1.82, 2.24) is 10.6 Å². The van der Waals surface area contributed by atoms with E-state index in [0.29, 0.717) is 37.6 Å². The molecule has 0 aliphatic heterocycles. The number of carbonyl (C=O) groups is 2. The Labute approximate surface area is 161 Å². The summed E-state index contributed by atoms with van der Waals surface area (Å²) in [5, 5.41) is 5.62. The van der Waals surface area contributed by atoms with Gasteiger partial charge in [0.15, 0.2) is 11.5 Å². The van der Waals surface area contributed by atoms with Gasteiger partial charge in [0.1, 0.15) is 0 Å². The molecule has 0 atom stereocenters. The normalized spacial score (nSPS) is 10.6. The fourth-order valence-electron chi connectivity index (χ4n) is 2.41. The van der Waals surface area contributed by atoms with Gasteiger partial charge in [-0.2, -0.15) is 0 Å². The van der Waals surface area contributed by atoms with Gasteiger partial charge >= 0.3 is 0 Å². The van der Waals surface area contributed by atoms with Crippen LogP contribution in [0.1, 0.15) is 38.7 Å². The SMILES string of the molecule is COc1ccc(CCNC(=O)CCC(=O)NCCCOC(C)C)cc1OC. The Morgan fingerprint density at radius 2 is 1.59 bits per heavy atom. The zero-order valence-corrected chi connectivity index (χ0v) is 16.8. The molecule has 2 amide bonds. The molecular formula is C20H32N2O5. The van der Waals surface area contributed by atoms with E-state index in [1.165, 1.54) is 0 Å². The highest BCUT2D eigenvalue weighted by Gasteiger charge is 2.08. The summed E-state index contributed by atoms with van der Waals surface area (Å²) in [7, 11) is 3.18. The molecule has 152 valence electrons. The number of rotatable bonds is 13. The summed E-state index contributed by atoms with van der Waals surface area (Å²) in [6, 6.07) is 5.66. The lowest BCUT2D eigenvalue weighted by atomic mass is 10.1. The third kappa shape index (κ3) is 9.84.